The summed E-state index contributed by atoms with van der Waals surface area (Å²) < 4.78 is 7.54. The first kappa shape index (κ1) is 14.1. The molecule has 0 aliphatic heterocycles. The maximum Gasteiger partial charge on any atom is 0.195 e. The number of benzene rings is 1. The van der Waals surface area contributed by atoms with Crippen molar-refractivity contribution in [1.82, 2.24) is 14.8 Å². The first-order chi connectivity index (χ1) is 9.42. The van der Waals surface area contributed by atoms with Crippen LogP contribution in [0.4, 0.5) is 0 Å². The summed E-state index contributed by atoms with van der Waals surface area (Å²) in [6.45, 7) is 3.77. The lowest BCUT2D eigenvalue weighted by atomic mass is 10.3. The van der Waals surface area contributed by atoms with Gasteiger partial charge in [0.1, 0.15) is 6.33 Å². The van der Waals surface area contributed by atoms with Crippen LogP contribution in [-0.2, 0) is 4.74 Å². The fourth-order valence-corrected chi connectivity index (χ4v) is 2.41. The topological polar surface area (TPSA) is 39.9 Å². The van der Waals surface area contributed by atoms with Crippen LogP contribution in [0.5, 0.6) is 0 Å². The predicted octanol–water partition coefficient (Wildman–Crippen LogP) is 3.18. The summed E-state index contributed by atoms with van der Waals surface area (Å²) >= 11 is 1.67. The number of nitrogens with zero attached hydrogens (tertiary/aromatic N) is 3. The van der Waals surface area contributed by atoms with Gasteiger partial charge in [-0.3, -0.25) is 4.57 Å². The molecule has 1 aromatic heterocycles. The Hall–Kier alpha value is -1.33. The van der Waals surface area contributed by atoms with Crippen molar-refractivity contribution in [2.45, 2.75) is 24.9 Å². The van der Waals surface area contributed by atoms with Gasteiger partial charge in [-0.05, 0) is 18.6 Å². The number of aromatic nitrogens is 3. The lowest BCUT2D eigenvalue weighted by Crippen LogP contribution is -2.01. The van der Waals surface area contributed by atoms with E-state index < -0.39 is 0 Å². The van der Waals surface area contributed by atoms with E-state index in [2.05, 4.69) is 17.1 Å². The van der Waals surface area contributed by atoms with Gasteiger partial charge < -0.3 is 4.74 Å². The van der Waals surface area contributed by atoms with Crippen LogP contribution < -0.4 is 0 Å². The van der Waals surface area contributed by atoms with Crippen LogP contribution in [0.15, 0.2) is 41.8 Å². The number of para-hydroxylation sites is 1. The molecule has 0 aliphatic rings. The van der Waals surface area contributed by atoms with Crippen molar-refractivity contribution >= 4 is 11.8 Å². The molecule has 0 saturated heterocycles. The smallest absolute Gasteiger partial charge is 0.195 e. The minimum absolute atomic E-state index is 0.756. The fraction of sp³-hybridized carbons (Fsp3) is 0.429. The summed E-state index contributed by atoms with van der Waals surface area (Å²) in [4.78, 5) is 0. The molecule has 19 heavy (non-hydrogen) atoms. The van der Waals surface area contributed by atoms with E-state index in [1.807, 2.05) is 34.9 Å². The molecule has 0 atom stereocenters. The highest BCUT2D eigenvalue weighted by molar-refractivity contribution is 7.99. The Kier molecular flexibility index (Phi) is 5.91. The van der Waals surface area contributed by atoms with Crippen LogP contribution in [0.25, 0.3) is 5.69 Å². The van der Waals surface area contributed by atoms with Gasteiger partial charge in [0.05, 0.1) is 6.61 Å². The molecule has 102 valence electrons. The summed E-state index contributed by atoms with van der Waals surface area (Å²) in [6.07, 6.45) is 4.05. The minimum Gasteiger partial charge on any atom is -0.381 e. The molecular weight excluding hydrogens is 258 g/mol. The molecule has 5 heteroatoms. The summed E-state index contributed by atoms with van der Waals surface area (Å²) in [6, 6.07) is 10.1. The Bertz CT molecular complexity index is 473. The van der Waals surface area contributed by atoms with Crippen molar-refractivity contribution in [2.24, 2.45) is 0 Å². The molecule has 0 saturated carbocycles. The third-order valence-electron chi connectivity index (χ3n) is 2.65. The summed E-state index contributed by atoms with van der Waals surface area (Å²) in [5, 5.41) is 9.03. The highest BCUT2D eigenvalue weighted by Gasteiger charge is 2.06. The zero-order chi connectivity index (χ0) is 13.3. The summed E-state index contributed by atoms with van der Waals surface area (Å²) in [5.74, 6) is 0.898. The maximum atomic E-state index is 5.54. The van der Waals surface area contributed by atoms with Crippen molar-refractivity contribution in [3.8, 4) is 5.69 Å². The number of hydrogen-bond acceptors (Lipinski definition) is 4. The Morgan fingerprint density at radius 1 is 1.21 bits per heavy atom. The van der Waals surface area contributed by atoms with Crippen molar-refractivity contribution in [1.29, 1.82) is 0 Å². The zero-order valence-corrected chi connectivity index (χ0v) is 12.0. The lowest BCUT2D eigenvalue weighted by Gasteiger charge is -2.06. The van der Waals surface area contributed by atoms with Gasteiger partial charge in [0.25, 0.3) is 0 Å². The lowest BCUT2D eigenvalue weighted by molar-refractivity contribution is 0.147. The minimum atomic E-state index is 0.756. The third kappa shape index (κ3) is 4.36. The second-order valence-electron chi connectivity index (χ2n) is 4.13. The molecule has 2 rings (SSSR count). The van der Waals surface area contributed by atoms with Crippen LogP contribution in [-0.4, -0.2) is 33.7 Å². The molecule has 1 aromatic carbocycles. The molecule has 0 amide bonds. The van der Waals surface area contributed by atoms with Gasteiger partial charge in [-0.1, -0.05) is 43.3 Å². The van der Waals surface area contributed by atoms with E-state index in [0.717, 1.165) is 36.2 Å². The van der Waals surface area contributed by atoms with E-state index in [4.69, 9.17) is 4.74 Å². The number of ether oxygens (including phenoxy) is 1. The van der Waals surface area contributed by atoms with E-state index >= 15 is 0 Å². The number of thioether (sulfide) groups is 1. The molecule has 4 nitrogen and oxygen atoms in total. The second-order valence-corrected chi connectivity index (χ2v) is 5.20. The van der Waals surface area contributed by atoms with Gasteiger partial charge in [0.2, 0.25) is 0 Å². The first-order valence-electron chi connectivity index (χ1n) is 6.58. The quantitative estimate of drug-likeness (QED) is 0.549. The molecule has 0 spiro atoms. The summed E-state index contributed by atoms with van der Waals surface area (Å²) in [7, 11) is 0. The molecular formula is C14H19N3OS. The average Bonchev–Trinajstić information content (AvgIpc) is 2.92. The van der Waals surface area contributed by atoms with E-state index in [9.17, 15) is 0 Å². The van der Waals surface area contributed by atoms with Gasteiger partial charge in [-0.15, -0.1) is 10.2 Å². The average molecular weight is 277 g/mol. The Morgan fingerprint density at radius 3 is 2.84 bits per heavy atom. The van der Waals surface area contributed by atoms with E-state index in [1.165, 1.54) is 6.42 Å². The molecule has 2 aromatic rings. The molecule has 0 radical (unpaired) electrons. The third-order valence-corrected chi connectivity index (χ3v) is 3.56. The van der Waals surface area contributed by atoms with Crippen molar-refractivity contribution < 1.29 is 4.74 Å². The van der Waals surface area contributed by atoms with E-state index in [0.29, 0.717) is 0 Å². The molecule has 0 aliphatic carbocycles. The first-order valence-corrected chi connectivity index (χ1v) is 7.56. The van der Waals surface area contributed by atoms with E-state index in [-0.39, 0.29) is 0 Å². The molecule has 0 fully saturated rings. The Balaban J connectivity index is 1.83. The zero-order valence-electron chi connectivity index (χ0n) is 11.2. The fourth-order valence-electron chi connectivity index (χ4n) is 1.63. The molecule has 1 heterocycles. The van der Waals surface area contributed by atoms with Crippen LogP contribution in [0.2, 0.25) is 0 Å². The van der Waals surface area contributed by atoms with Gasteiger partial charge in [-0.2, -0.15) is 0 Å². The standard InChI is InChI=1S/C14H19N3OS/c1-2-3-9-18-10-11-19-14-16-15-12-17(14)13-7-5-4-6-8-13/h4-8,12H,2-3,9-11H2,1H3. The van der Waals surface area contributed by atoms with Crippen LogP contribution in [0.1, 0.15) is 19.8 Å². The van der Waals surface area contributed by atoms with Gasteiger partial charge in [0, 0.05) is 18.0 Å². The number of rotatable bonds is 8. The second kappa shape index (κ2) is 7.96. The highest BCUT2D eigenvalue weighted by Crippen LogP contribution is 2.18. The van der Waals surface area contributed by atoms with Gasteiger partial charge >= 0.3 is 0 Å². The monoisotopic (exact) mass is 277 g/mol. The van der Waals surface area contributed by atoms with Gasteiger partial charge in [0.15, 0.2) is 5.16 Å². The van der Waals surface area contributed by atoms with Crippen molar-refractivity contribution in [2.75, 3.05) is 19.0 Å². The Labute approximate surface area is 118 Å². The largest absolute Gasteiger partial charge is 0.381 e. The van der Waals surface area contributed by atoms with Crippen molar-refractivity contribution in [3.63, 3.8) is 0 Å². The number of unbranched alkanes of at least 4 members (excludes halogenated alkanes) is 1. The summed E-state index contributed by atoms with van der Waals surface area (Å²) in [5.41, 5.74) is 1.09. The van der Waals surface area contributed by atoms with Crippen molar-refractivity contribution in [3.05, 3.63) is 36.7 Å². The van der Waals surface area contributed by atoms with Crippen LogP contribution in [0, 0.1) is 0 Å². The SMILES string of the molecule is CCCCOCCSc1nncn1-c1ccccc1. The Morgan fingerprint density at radius 2 is 2.05 bits per heavy atom. The normalized spacial score (nSPS) is 10.8. The molecule has 0 N–H and O–H groups in total. The van der Waals surface area contributed by atoms with Gasteiger partial charge in [-0.25, -0.2) is 0 Å². The van der Waals surface area contributed by atoms with E-state index in [1.54, 1.807) is 18.1 Å². The number of hydrogen-bond donors (Lipinski definition) is 0. The molecule has 0 bridgehead atoms. The maximum absolute atomic E-state index is 5.54. The highest BCUT2D eigenvalue weighted by atomic mass is 32.2. The van der Waals surface area contributed by atoms with Crippen LogP contribution >= 0.6 is 11.8 Å². The van der Waals surface area contributed by atoms with Crippen LogP contribution in [0.3, 0.4) is 0 Å². The molecule has 0 unspecified atom stereocenters. The predicted molar refractivity (Wildman–Crippen MR) is 77.8 cm³/mol.